The fourth-order valence-electron chi connectivity index (χ4n) is 1.89. The first kappa shape index (κ1) is 13.6. The van der Waals surface area contributed by atoms with Gasteiger partial charge in [0.25, 0.3) is 0 Å². The van der Waals surface area contributed by atoms with Gasteiger partial charge in [0.05, 0.1) is 19.4 Å². The van der Waals surface area contributed by atoms with E-state index in [1.54, 1.807) is 6.26 Å². The second-order valence-corrected chi connectivity index (χ2v) is 5.01. The van der Waals surface area contributed by atoms with Crippen molar-refractivity contribution in [2.24, 2.45) is 0 Å². The van der Waals surface area contributed by atoms with Crippen molar-refractivity contribution in [3.8, 4) is 0 Å². The minimum atomic E-state index is 0.0316. The number of pyridine rings is 1. The van der Waals surface area contributed by atoms with Crippen LogP contribution in [0.25, 0.3) is 0 Å². The maximum atomic E-state index is 9.34. The molecule has 0 aliphatic rings. The van der Waals surface area contributed by atoms with Crippen LogP contribution in [0.1, 0.15) is 36.8 Å². The molecule has 19 heavy (non-hydrogen) atoms. The molecule has 4 nitrogen and oxygen atoms in total. The molecule has 0 bridgehead atoms. The van der Waals surface area contributed by atoms with Gasteiger partial charge in [0.2, 0.25) is 0 Å². The zero-order valence-corrected chi connectivity index (χ0v) is 11.6. The summed E-state index contributed by atoms with van der Waals surface area (Å²) in [5.41, 5.74) is 1.88. The van der Waals surface area contributed by atoms with Crippen LogP contribution in [-0.4, -0.2) is 17.1 Å². The zero-order valence-electron chi connectivity index (χ0n) is 11.6. The molecule has 0 aromatic carbocycles. The van der Waals surface area contributed by atoms with Gasteiger partial charge >= 0.3 is 0 Å². The Labute approximate surface area is 113 Å². The SMILES string of the molecule is CC(C)c1cc(CO)cc(N(C)Cc2ccco2)n1. The quantitative estimate of drug-likeness (QED) is 0.898. The van der Waals surface area contributed by atoms with E-state index in [0.29, 0.717) is 12.5 Å². The van der Waals surface area contributed by atoms with Crippen LogP contribution in [0.3, 0.4) is 0 Å². The number of hydrogen-bond acceptors (Lipinski definition) is 4. The summed E-state index contributed by atoms with van der Waals surface area (Å²) in [6.45, 7) is 4.88. The molecule has 0 amide bonds. The molecule has 0 fully saturated rings. The first-order valence-corrected chi connectivity index (χ1v) is 6.45. The second-order valence-electron chi connectivity index (χ2n) is 5.01. The van der Waals surface area contributed by atoms with Crippen molar-refractivity contribution >= 4 is 5.82 Å². The summed E-state index contributed by atoms with van der Waals surface area (Å²) in [5, 5.41) is 9.34. The van der Waals surface area contributed by atoms with Crippen LogP contribution in [0.2, 0.25) is 0 Å². The third-order valence-corrected chi connectivity index (χ3v) is 3.03. The number of aliphatic hydroxyl groups is 1. The molecule has 2 rings (SSSR count). The molecule has 4 heteroatoms. The van der Waals surface area contributed by atoms with E-state index in [1.165, 1.54) is 0 Å². The van der Waals surface area contributed by atoms with Gasteiger partial charge in [-0.1, -0.05) is 13.8 Å². The number of anilines is 1. The van der Waals surface area contributed by atoms with Crippen molar-refractivity contribution in [3.63, 3.8) is 0 Å². The fourth-order valence-corrected chi connectivity index (χ4v) is 1.89. The van der Waals surface area contributed by atoms with E-state index in [0.717, 1.165) is 22.8 Å². The van der Waals surface area contributed by atoms with E-state index in [1.807, 2.05) is 36.2 Å². The molecule has 1 N–H and O–H groups in total. The molecule has 0 saturated heterocycles. The highest BCUT2D eigenvalue weighted by atomic mass is 16.3. The largest absolute Gasteiger partial charge is 0.467 e. The minimum absolute atomic E-state index is 0.0316. The lowest BCUT2D eigenvalue weighted by molar-refractivity contribution is 0.281. The van der Waals surface area contributed by atoms with Crippen LogP contribution >= 0.6 is 0 Å². The van der Waals surface area contributed by atoms with Crippen LogP contribution in [-0.2, 0) is 13.2 Å². The summed E-state index contributed by atoms with van der Waals surface area (Å²) >= 11 is 0. The normalized spacial score (nSPS) is 11.0. The number of aromatic nitrogens is 1. The summed E-state index contributed by atoms with van der Waals surface area (Å²) in [5.74, 6) is 2.08. The Bertz CT molecular complexity index is 521. The number of rotatable bonds is 5. The van der Waals surface area contributed by atoms with Crippen LogP contribution in [0.15, 0.2) is 34.9 Å². The maximum absolute atomic E-state index is 9.34. The van der Waals surface area contributed by atoms with Gasteiger partial charge in [0.1, 0.15) is 11.6 Å². The molecule has 2 aromatic rings. The van der Waals surface area contributed by atoms with E-state index >= 15 is 0 Å². The second kappa shape index (κ2) is 5.89. The first-order chi connectivity index (χ1) is 9.10. The highest BCUT2D eigenvalue weighted by Gasteiger charge is 2.10. The van der Waals surface area contributed by atoms with Gasteiger partial charge in [-0.15, -0.1) is 0 Å². The molecule has 2 aromatic heterocycles. The Kier molecular flexibility index (Phi) is 4.22. The zero-order chi connectivity index (χ0) is 13.8. The molecule has 2 heterocycles. The fraction of sp³-hybridized carbons (Fsp3) is 0.400. The standard InChI is InChI=1S/C15H20N2O2/c1-11(2)14-7-12(10-18)8-15(16-14)17(3)9-13-5-4-6-19-13/h4-8,11,18H,9-10H2,1-3H3. The Morgan fingerprint density at radius 3 is 2.74 bits per heavy atom. The van der Waals surface area contributed by atoms with Crippen molar-refractivity contribution < 1.29 is 9.52 Å². The van der Waals surface area contributed by atoms with E-state index in [4.69, 9.17) is 4.42 Å². The lowest BCUT2D eigenvalue weighted by Gasteiger charge is -2.19. The van der Waals surface area contributed by atoms with E-state index in [-0.39, 0.29) is 6.61 Å². The number of hydrogen-bond donors (Lipinski definition) is 1. The summed E-state index contributed by atoms with van der Waals surface area (Å²) in [6, 6.07) is 7.68. The number of furan rings is 1. The molecule has 0 unspecified atom stereocenters. The molecule has 0 atom stereocenters. The summed E-state index contributed by atoms with van der Waals surface area (Å²) in [6.07, 6.45) is 1.67. The van der Waals surface area contributed by atoms with Crippen LogP contribution in [0.5, 0.6) is 0 Å². The van der Waals surface area contributed by atoms with Crippen LogP contribution in [0, 0.1) is 0 Å². The van der Waals surface area contributed by atoms with Crippen LogP contribution < -0.4 is 4.90 Å². The summed E-state index contributed by atoms with van der Waals surface area (Å²) in [4.78, 5) is 6.65. The molecule has 0 radical (unpaired) electrons. The van der Waals surface area contributed by atoms with E-state index < -0.39 is 0 Å². The third kappa shape index (κ3) is 3.35. The predicted molar refractivity (Wildman–Crippen MR) is 75.1 cm³/mol. The highest BCUT2D eigenvalue weighted by Crippen LogP contribution is 2.21. The topological polar surface area (TPSA) is 49.5 Å². The monoisotopic (exact) mass is 260 g/mol. The van der Waals surface area contributed by atoms with Crippen molar-refractivity contribution in [1.82, 2.24) is 4.98 Å². The van der Waals surface area contributed by atoms with Gasteiger partial charge in [-0.3, -0.25) is 0 Å². The molecule has 0 aliphatic heterocycles. The van der Waals surface area contributed by atoms with Gasteiger partial charge in [0, 0.05) is 12.7 Å². The molecule has 0 aliphatic carbocycles. The van der Waals surface area contributed by atoms with Gasteiger partial charge < -0.3 is 14.4 Å². The van der Waals surface area contributed by atoms with Crippen LogP contribution in [0.4, 0.5) is 5.82 Å². The first-order valence-electron chi connectivity index (χ1n) is 6.45. The molecular weight excluding hydrogens is 240 g/mol. The van der Waals surface area contributed by atoms with Gasteiger partial charge in [-0.05, 0) is 35.7 Å². The molecule has 0 saturated carbocycles. The average molecular weight is 260 g/mol. The summed E-state index contributed by atoms with van der Waals surface area (Å²) in [7, 11) is 1.97. The van der Waals surface area contributed by atoms with Crippen molar-refractivity contribution in [2.75, 3.05) is 11.9 Å². The van der Waals surface area contributed by atoms with Gasteiger partial charge in [0.15, 0.2) is 0 Å². The Balaban J connectivity index is 2.24. The Morgan fingerprint density at radius 1 is 1.37 bits per heavy atom. The van der Waals surface area contributed by atoms with Crippen molar-refractivity contribution in [3.05, 3.63) is 47.5 Å². The lowest BCUT2D eigenvalue weighted by atomic mass is 10.1. The third-order valence-electron chi connectivity index (χ3n) is 3.03. The number of nitrogens with zero attached hydrogens (tertiary/aromatic N) is 2. The maximum Gasteiger partial charge on any atom is 0.129 e. The number of aliphatic hydroxyl groups excluding tert-OH is 1. The Morgan fingerprint density at radius 2 is 2.16 bits per heavy atom. The average Bonchev–Trinajstić information content (AvgIpc) is 2.90. The molecular formula is C15H20N2O2. The molecule has 102 valence electrons. The highest BCUT2D eigenvalue weighted by molar-refractivity contribution is 5.42. The van der Waals surface area contributed by atoms with Crippen molar-refractivity contribution in [1.29, 1.82) is 0 Å². The van der Waals surface area contributed by atoms with Crippen molar-refractivity contribution in [2.45, 2.75) is 32.9 Å². The lowest BCUT2D eigenvalue weighted by Crippen LogP contribution is -2.18. The minimum Gasteiger partial charge on any atom is -0.467 e. The van der Waals surface area contributed by atoms with Gasteiger partial charge in [-0.25, -0.2) is 4.98 Å². The molecule has 0 spiro atoms. The predicted octanol–water partition coefficient (Wildman–Crippen LogP) is 2.93. The van der Waals surface area contributed by atoms with E-state index in [9.17, 15) is 5.11 Å². The Hall–Kier alpha value is -1.81. The smallest absolute Gasteiger partial charge is 0.129 e. The van der Waals surface area contributed by atoms with E-state index in [2.05, 4.69) is 18.8 Å². The summed E-state index contributed by atoms with van der Waals surface area (Å²) < 4.78 is 5.34. The van der Waals surface area contributed by atoms with Gasteiger partial charge in [-0.2, -0.15) is 0 Å².